The van der Waals surface area contributed by atoms with Crippen LogP contribution in [0.3, 0.4) is 0 Å². The maximum atomic E-state index is 11.9. The Hall–Kier alpha value is -0.0500. The molecule has 14 heavy (non-hydrogen) atoms. The third kappa shape index (κ3) is 2.72. The van der Waals surface area contributed by atoms with Gasteiger partial charge in [-0.25, -0.2) is 4.21 Å². The quantitative estimate of drug-likeness (QED) is 0.774. The van der Waals surface area contributed by atoms with Crippen LogP contribution in [0.4, 0.5) is 0 Å². The van der Waals surface area contributed by atoms with Crippen LogP contribution in [0.5, 0.6) is 0 Å². The third-order valence-electron chi connectivity index (χ3n) is 3.58. The molecular formula is C11H23NOS. The van der Waals surface area contributed by atoms with Gasteiger partial charge in [0, 0.05) is 20.7 Å². The van der Waals surface area contributed by atoms with Crippen molar-refractivity contribution in [2.75, 3.05) is 5.75 Å². The van der Waals surface area contributed by atoms with Crippen molar-refractivity contribution in [3.63, 3.8) is 0 Å². The van der Waals surface area contributed by atoms with Gasteiger partial charge < -0.3 is 0 Å². The van der Waals surface area contributed by atoms with Crippen molar-refractivity contribution in [2.24, 2.45) is 11.8 Å². The van der Waals surface area contributed by atoms with Crippen LogP contribution in [0.2, 0.25) is 0 Å². The van der Waals surface area contributed by atoms with E-state index >= 15 is 0 Å². The van der Waals surface area contributed by atoms with Crippen LogP contribution >= 0.6 is 0 Å². The lowest BCUT2D eigenvalue weighted by molar-refractivity contribution is 0.282. The molecule has 0 aliphatic heterocycles. The summed E-state index contributed by atoms with van der Waals surface area (Å²) in [6.45, 7) is 6.36. The van der Waals surface area contributed by atoms with E-state index in [2.05, 4.69) is 13.8 Å². The number of rotatable bonds is 3. The molecule has 0 amide bonds. The SMILES string of the molecule is CCS(=N)(=O)C1CCCC(C(C)C)C1. The van der Waals surface area contributed by atoms with Crippen LogP contribution < -0.4 is 0 Å². The number of nitrogens with one attached hydrogen (secondary N) is 1. The molecule has 1 N–H and O–H groups in total. The molecule has 0 aromatic rings. The van der Waals surface area contributed by atoms with Gasteiger partial charge in [0.05, 0.1) is 0 Å². The molecule has 1 aliphatic rings. The monoisotopic (exact) mass is 217 g/mol. The molecule has 0 aromatic heterocycles. The predicted molar refractivity (Wildman–Crippen MR) is 62.0 cm³/mol. The lowest BCUT2D eigenvalue weighted by Gasteiger charge is -2.32. The fraction of sp³-hybridized carbons (Fsp3) is 1.00. The summed E-state index contributed by atoms with van der Waals surface area (Å²) in [4.78, 5) is 0. The molecule has 3 atom stereocenters. The Bertz CT molecular complexity index is 269. The molecule has 1 aliphatic carbocycles. The molecular weight excluding hydrogens is 194 g/mol. The van der Waals surface area contributed by atoms with Gasteiger partial charge in [-0.2, -0.15) is 0 Å². The summed E-state index contributed by atoms with van der Waals surface area (Å²) in [5.41, 5.74) is 0. The second kappa shape index (κ2) is 4.65. The molecule has 1 rings (SSSR count). The van der Waals surface area contributed by atoms with Crippen molar-refractivity contribution in [3.8, 4) is 0 Å². The molecule has 3 heteroatoms. The maximum absolute atomic E-state index is 11.9. The lowest BCUT2D eigenvalue weighted by atomic mass is 9.81. The maximum Gasteiger partial charge on any atom is 0.0467 e. The molecule has 0 radical (unpaired) electrons. The van der Waals surface area contributed by atoms with E-state index in [-0.39, 0.29) is 5.25 Å². The minimum absolute atomic E-state index is 0.175. The summed E-state index contributed by atoms with van der Waals surface area (Å²) in [6, 6.07) is 0. The molecule has 2 nitrogen and oxygen atoms in total. The smallest absolute Gasteiger partial charge is 0.0467 e. The minimum Gasteiger partial charge on any atom is -0.253 e. The zero-order valence-corrected chi connectivity index (χ0v) is 10.4. The first-order valence-corrected chi connectivity index (χ1v) is 7.51. The highest BCUT2D eigenvalue weighted by atomic mass is 32.2. The number of hydrogen-bond donors (Lipinski definition) is 1. The average Bonchev–Trinajstić information content (AvgIpc) is 2.18. The Balaban J connectivity index is 2.65. The van der Waals surface area contributed by atoms with E-state index < -0.39 is 9.73 Å². The summed E-state index contributed by atoms with van der Waals surface area (Å²) in [5.74, 6) is 1.92. The molecule has 0 saturated heterocycles. The first kappa shape index (κ1) is 12.0. The summed E-state index contributed by atoms with van der Waals surface area (Å²) >= 11 is 0. The number of hydrogen-bond acceptors (Lipinski definition) is 2. The van der Waals surface area contributed by atoms with E-state index in [0.29, 0.717) is 17.6 Å². The first-order valence-electron chi connectivity index (χ1n) is 5.72. The molecule has 1 saturated carbocycles. The van der Waals surface area contributed by atoms with E-state index in [0.717, 1.165) is 12.8 Å². The van der Waals surface area contributed by atoms with Gasteiger partial charge in [-0.05, 0) is 24.7 Å². The Morgan fingerprint density at radius 2 is 2.07 bits per heavy atom. The molecule has 0 bridgehead atoms. The average molecular weight is 217 g/mol. The van der Waals surface area contributed by atoms with E-state index in [1.165, 1.54) is 12.8 Å². The zero-order valence-electron chi connectivity index (χ0n) is 9.58. The summed E-state index contributed by atoms with van der Waals surface area (Å²) in [6.07, 6.45) is 4.48. The van der Waals surface area contributed by atoms with Crippen LogP contribution in [0, 0.1) is 16.6 Å². The highest BCUT2D eigenvalue weighted by Gasteiger charge is 2.29. The van der Waals surface area contributed by atoms with Crippen molar-refractivity contribution in [1.82, 2.24) is 0 Å². The second-order valence-electron chi connectivity index (χ2n) is 4.81. The molecule has 0 heterocycles. The second-order valence-corrected chi connectivity index (χ2v) is 7.50. The van der Waals surface area contributed by atoms with Crippen LogP contribution in [0.15, 0.2) is 0 Å². The van der Waals surface area contributed by atoms with Gasteiger partial charge in [-0.3, -0.25) is 4.78 Å². The molecule has 0 spiro atoms. The molecule has 1 fully saturated rings. The van der Waals surface area contributed by atoms with Crippen LogP contribution in [0.1, 0.15) is 46.5 Å². The van der Waals surface area contributed by atoms with E-state index in [9.17, 15) is 4.21 Å². The van der Waals surface area contributed by atoms with Gasteiger partial charge >= 0.3 is 0 Å². The highest BCUT2D eigenvalue weighted by Crippen LogP contribution is 2.33. The normalized spacial score (nSPS) is 32.9. The first-order chi connectivity index (χ1) is 6.47. The van der Waals surface area contributed by atoms with Gasteiger partial charge in [0.15, 0.2) is 0 Å². The Morgan fingerprint density at radius 3 is 2.57 bits per heavy atom. The lowest BCUT2D eigenvalue weighted by Crippen LogP contribution is -2.30. The summed E-state index contributed by atoms with van der Waals surface area (Å²) in [5, 5.41) is 0.175. The Kier molecular flexibility index (Phi) is 3.99. The zero-order chi connectivity index (χ0) is 10.8. The summed E-state index contributed by atoms with van der Waals surface area (Å²) < 4.78 is 19.8. The molecule has 0 aromatic carbocycles. The van der Waals surface area contributed by atoms with Crippen LogP contribution in [0.25, 0.3) is 0 Å². The third-order valence-corrected chi connectivity index (χ3v) is 5.94. The van der Waals surface area contributed by atoms with Gasteiger partial charge in [-0.15, -0.1) is 0 Å². The van der Waals surface area contributed by atoms with E-state index in [1.54, 1.807) is 0 Å². The van der Waals surface area contributed by atoms with Gasteiger partial charge in [0.2, 0.25) is 0 Å². The van der Waals surface area contributed by atoms with Crippen LogP contribution in [-0.2, 0) is 9.73 Å². The predicted octanol–water partition coefficient (Wildman–Crippen LogP) is 3.27. The molecule has 84 valence electrons. The van der Waals surface area contributed by atoms with E-state index in [4.69, 9.17) is 4.78 Å². The highest BCUT2D eigenvalue weighted by molar-refractivity contribution is 7.93. The van der Waals surface area contributed by atoms with Crippen molar-refractivity contribution in [3.05, 3.63) is 0 Å². The summed E-state index contributed by atoms with van der Waals surface area (Å²) in [7, 11) is -2.29. The van der Waals surface area contributed by atoms with Crippen molar-refractivity contribution in [2.45, 2.75) is 51.7 Å². The van der Waals surface area contributed by atoms with Gasteiger partial charge in [0.1, 0.15) is 0 Å². The van der Waals surface area contributed by atoms with Crippen molar-refractivity contribution < 1.29 is 4.21 Å². The van der Waals surface area contributed by atoms with Crippen molar-refractivity contribution >= 4 is 9.73 Å². The standard InChI is InChI=1S/C11H23NOS/c1-4-14(12,13)11-7-5-6-10(8-11)9(2)3/h9-12H,4-8H2,1-3H3. The largest absolute Gasteiger partial charge is 0.253 e. The Labute approximate surface area is 88.5 Å². The van der Waals surface area contributed by atoms with Crippen LogP contribution in [-0.4, -0.2) is 15.2 Å². The van der Waals surface area contributed by atoms with E-state index in [1.807, 2.05) is 6.92 Å². The van der Waals surface area contributed by atoms with Gasteiger partial charge in [-0.1, -0.05) is 33.6 Å². The Morgan fingerprint density at radius 1 is 1.43 bits per heavy atom. The topological polar surface area (TPSA) is 40.9 Å². The van der Waals surface area contributed by atoms with Crippen molar-refractivity contribution in [1.29, 1.82) is 4.78 Å². The fourth-order valence-electron chi connectivity index (χ4n) is 2.37. The fourth-order valence-corrected chi connectivity index (χ4v) is 3.94. The van der Waals surface area contributed by atoms with Gasteiger partial charge in [0.25, 0.3) is 0 Å². The minimum atomic E-state index is -2.29. The molecule has 3 unspecified atom stereocenters.